The Kier molecular flexibility index (Phi) is 5.20. The Morgan fingerprint density at radius 1 is 1.16 bits per heavy atom. The number of ether oxygens (including phenoxy) is 2. The van der Waals surface area contributed by atoms with E-state index in [0.717, 1.165) is 17.7 Å². The van der Waals surface area contributed by atoms with E-state index in [-0.39, 0.29) is 12.1 Å². The number of aromatic nitrogens is 4. The van der Waals surface area contributed by atoms with E-state index >= 15 is 0 Å². The van der Waals surface area contributed by atoms with Gasteiger partial charge >= 0.3 is 0 Å². The first-order valence-corrected chi connectivity index (χ1v) is 10.1. The fraction of sp³-hybridized carbons (Fsp3) is 0.450. The minimum atomic E-state index is -1.22. The molecule has 0 radical (unpaired) electrons. The number of nitrogens with one attached hydrogen (secondary N) is 2. The monoisotopic (exact) mass is 428 g/mol. The summed E-state index contributed by atoms with van der Waals surface area (Å²) in [5.74, 6) is 1.36. The highest BCUT2D eigenvalue weighted by atomic mass is 16.6. The van der Waals surface area contributed by atoms with Crippen LogP contribution in [-0.2, 0) is 11.2 Å². The summed E-state index contributed by atoms with van der Waals surface area (Å²) in [5.41, 5.74) is 8.40. The molecule has 0 bridgehead atoms. The van der Waals surface area contributed by atoms with E-state index in [1.807, 2.05) is 31.2 Å². The van der Waals surface area contributed by atoms with Crippen molar-refractivity contribution in [2.45, 2.75) is 50.0 Å². The second kappa shape index (κ2) is 8.02. The number of para-hydroxylation sites is 1. The van der Waals surface area contributed by atoms with E-state index in [1.54, 1.807) is 0 Å². The molecular formula is C20H24N6O5. The number of aliphatic hydroxyl groups is 3. The molecule has 0 amide bonds. The first-order chi connectivity index (χ1) is 15.1. The average Bonchev–Trinajstić information content (AvgIpc) is 3.33. The van der Waals surface area contributed by atoms with Crippen molar-refractivity contribution >= 4 is 17.0 Å². The summed E-state index contributed by atoms with van der Waals surface area (Å²) >= 11 is 0. The molecule has 5 N–H and O–H groups in total. The summed E-state index contributed by atoms with van der Waals surface area (Å²) in [7, 11) is 0. The maximum Gasteiger partial charge on any atom is 0.171 e. The third-order valence-corrected chi connectivity index (χ3v) is 5.82. The maximum atomic E-state index is 10.3. The smallest absolute Gasteiger partial charge is 0.171 e. The third kappa shape index (κ3) is 3.50. The molecule has 3 aromatic rings. The second-order valence-electron chi connectivity index (χ2n) is 7.79. The quantitative estimate of drug-likeness (QED) is 0.345. The van der Waals surface area contributed by atoms with Crippen LogP contribution >= 0.6 is 0 Å². The first-order valence-electron chi connectivity index (χ1n) is 10.1. The number of rotatable bonds is 5. The van der Waals surface area contributed by atoms with Crippen LogP contribution in [-0.4, -0.2) is 71.9 Å². The normalized spacial score (nSPS) is 30.2. The molecule has 0 spiro atoms. The molecule has 2 aromatic heterocycles. The predicted molar refractivity (Wildman–Crippen MR) is 109 cm³/mol. The van der Waals surface area contributed by atoms with E-state index in [2.05, 4.69) is 25.8 Å². The minimum absolute atomic E-state index is 0.00227. The number of nitrogens with zero attached hydrogens (tertiary/aromatic N) is 4. The fourth-order valence-corrected chi connectivity index (χ4v) is 4.04. The summed E-state index contributed by atoms with van der Waals surface area (Å²) in [6.45, 7) is 1.60. The highest BCUT2D eigenvalue weighted by Gasteiger charge is 2.44. The predicted octanol–water partition coefficient (Wildman–Crippen LogP) is -0.254. The van der Waals surface area contributed by atoms with Gasteiger partial charge in [0.15, 0.2) is 23.2 Å². The zero-order valence-corrected chi connectivity index (χ0v) is 16.8. The van der Waals surface area contributed by atoms with Crippen LogP contribution in [0.25, 0.3) is 11.2 Å². The van der Waals surface area contributed by atoms with Crippen LogP contribution in [0.4, 0.5) is 5.82 Å². The first kappa shape index (κ1) is 20.1. The van der Waals surface area contributed by atoms with Gasteiger partial charge in [-0.3, -0.25) is 4.57 Å². The molecule has 5 rings (SSSR count). The van der Waals surface area contributed by atoms with Gasteiger partial charge in [-0.25, -0.2) is 20.4 Å². The van der Waals surface area contributed by atoms with Crippen molar-refractivity contribution in [3.63, 3.8) is 0 Å². The SMILES string of the molecule is CC1Oc2ccccc2CC1NNc1ncnc2c1ncn2[C@@H]1O[C@H](CO)[C@@H](O)[C@H]1O. The van der Waals surface area contributed by atoms with Crippen LogP contribution in [0.5, 0.6) is 5.75 Å². The number of hydrogen-bond acceptors (Lipinski definition) is 10. The topological polar surface area (TPSA) is 147 Å². The van der Waals surface area contributed by atoms with Crippen LogP contribution in [0.15, 0.2) is 36.9 Å². The summed E-state index contributed by atoms with van der Waals surface area (Å²) in [5, 5.41) is 29.7. The van der Waals surface area contributed by atoms with E-state index in [4.69, 9.17) is 9.47 Å². The van der Waals surface area contributed by atoms with Gasteiger partial charge in [0.2, 0.25) is 0 Å². The van der Waals surface area contributed by atoms with Crippen molar-refractivity contribution in [3.8, 4) is 5.75 Å². The molecule has 0 aliphatic carbocycles. The Morgan fingerprint density at radius 3 is 2.81 bits per heavy atom. The zero-order chi connectivity index (χ0) is 21.5. The largest absolute Gasteiger partial charge is 0.489 e. The van der Waals surface area contributed by atoms with Gasteiger partial charge in [-0.05, 0) is 25.0 Å². The summed E-state index contributed by atoms with van der Waals surface area (Å²) < 4.78 is 13.1. The molecule has 2 aliphatic heterocycles. The van der Waals surface area contributed by atoms with Gasteiger partial charge in [-0.1, -0.05) is 18.2 Å². The van der Waals surface area contributed by atoms with Gasteiger partial charge in [-0.15, -0.1) is 0 Å². The lowest BCUT2D eigenvalue weighted by molar-refractivity contribution is -0.0511. The highest BCUT2D eigenvalue weighted by molar-refractivity contribution is 5.82. The van der Waals surface area contributed by atoms with Gasteiger partial charge in [0, 0.05) is 0 Å². The molecular weight excluding hydrogens is 404 g/mol. The average molecular weight is 428 g/mol. The highest BCUT2D eigenvalue weighted by Crippen LogP contribution is 2.32. The lowest BCUT2D eigenvalue weighted by atomic mass is 9.98. The van der Waals surface area contributed by atoms with Crippen molar-refractivity contribution in [3.05, 3.63) is 42.5 Å². The molecule has 31 heavy (non-hydrogen) atoms. The van der Waals surface area contributed by atoms with Crippen molar-refractivity contribution in [1.82, 2.24) is 24.9 Å². The number of hydrazine groups is 1. The molecule has 1 fully saturated rings. The lowest BCUT2D eigenvalue weighted by Crippen LogP contribution is -2.48. The van der Waals surface area contributed by atoms with Crippen LogP contribution in [0.3, 0.4) is 0 Å². The summed E-state index contributed by atoms with van der Waals surface area (Å²) in [6, 6.07) is 7.96. The van der Waals surface area contributed by atoms with Crippen molar-refractivity contribution < 1.29 is 24.8 Å². The second-order valence-corrected chi connectivity index (χ2v) is 7.79. The van der Waals surface area contributed by atoms with Crippen molar-refractivity contribution in [2.75, 3.05) is 12.0 Å². The number of aliphatic hydroxyl groups excluding tert-OH is 3. The standard InChI is InChI=1S/C20H24N6O5/c1-10-12(6-11-4-2-3-5-13(11)30-10)24-25-18-15-19(22-8-21-18)26(9-23-15)20-17(29)16(28)14(7-27)31-20/h2-5,8-10,12,14,16-17,20,24,27-29H,6-7H2,1H3,(H,21,22,25)/t10?,12?,14-,16-,17-,20-/m1/s1. The maximum absolute atomic E-state index is 10.3. The molecule has 1 aromatic carbocycles. The Hall–Kier alpha value is -2.83. The molecule has 4 heterocycles. The molecule has 2 unspecified atom stereocenters. The number of anilines is 1. The van der Waals surface area contributed by atoms with Crippen molar-refractivity contribution in [2.24, 2.45) is 0 Å². The number of hydrogen-bond donors (Lipinski definition) is 5. The number of fused-ring (bicyclic) bond motifs is 2. The van der Waals surface area contributed by atoms with Gasteiger partial charge in [0.25, 0.3) is 0 Å². The molecule has 6 atom stereocenters. The Bertz CT molecular complexity index is 1080. The van der Waals surface area contributed by atoms with Crippen LogP contribution in [0.2, 0.25) is 0 Å². The third-order valence-electron chi connectivity index (χ3n) is 5.82. The van der Waals surface area contributed by atoms with E-state index < -0.39 is 31.1 Å². The molecule has 164 valence electrons. The van der Waals surface area contributed by atoms with Gasteiger partial charge < -0.3 is 30.2 Å². The van der Waals surface area contributed by atoms with Crippen LogP contribution in [0, 0.1) is 0 Å². The fourth-order valence-electron chi connectivity index (χ4n) is 4.04. The van der Waals surface area contributed by atoms with E-state index in [9.17, 15) is 15.3 Å². The van der Waals surface area contributed by atoms with E-state index in [0.29, 0.717) is 17.0 Å². The zero-order valence-electron chi connectivity index (χ0n) is 16.8. The minimum Gasteiger partial charge on any atom is -0.489 e. The van der Waals surface area contributed by atoms with Crippen LogP contribution in [0.1, 0.15) is 18.7 Å². The molecule has 11 nitrogen and oxygen atoms in total. The number of benzene rings is 1. The lowest BCUT2D eigenvalue weighted by Gasteiger charge is -2.32. The Balaban J connectivity index is 1.35. The number of imidazole rings is 1. The molecule has 0 saturated carbocycles. The Labute approximate surface area is 177 Å². The summed E-state index contributed by atoms with van der Waals surface area (Å²) in [6.07, 6.45) is -0.657. The van der Waals surface area contributed by atoms with E-state index in [1.165, 1.54) is 17.2 Å². The van der Waals surface area contributed by atoms with Crippen LogP contribution < -0.4 is 15.6 Å². The Morgan fingerprint density at radius 2 is 2.00 bits per heavy atom. The molecule has 2 aliphatic rings. The van der Waals surface area contributed by atoms with Gasteiger partial charge in [-0.2, -0.15) is 0 Å². The van der Waals surface area contributed by atoms with Crippen molar-refractivity contribution in [1.29, 1.82) is 0 Å². The van der Waals surface area contributed by atoms with Gasteiger partial charge in [0.05, 0.1) is 19.0 Å². The van der Waals surface area contributed by atoms with Gasteiger partial charge in [0.1, 0.15) is 36.5 Å². The molecule has 1 saturated heterocycles. The molecule has 11 heteroatoms. The summed E-state index contributed by atoms with van der Waals surface area (Å²) in [4.78, 5) is 12.9.